The number of halogens is 8. The highest BCUT2D eigenvalue weighted by Gasteiger charge is 2.85. The molecule has 2 aromatic carbocycles. The van der Waals surface area contributed by atoms with Crippen molar-refractivity contribution < 1.29 is 35.1 Å². The molecule has 0 unspecified atom stereocenters. The standard InChI is InChI=1S/C20H12F8/c1-2-12-8-10-14(11-9-12)16-15(13-6-4-3-5-7-13)17(21,22)19(25,26)20(27,28)18(16,23)24/h2-11H,1H2. The van der Waals surface area contributed by atoms with E-state index in [1.54, 1.807) is 0 Å². The van der Waals surface area contributed by atoms with Crippen molar-refractivity contribution in [3.63, 3.8) is 0 Å². The van der Waals surface area contributed by atoms with Crippen molar-refractivity contribution in [1.82, 2.24) is 0 Å². The Kier molecular flexibility index (Phi) is 4.44. The maximum atomic E-state index is 14.6. The monoisotopic (exact) mass is 404 g/mol. The highest BCUT2D eigenvalue weighted by molar-refractivity contribution is 5.99. The molecule has 0 saturated heterocycles. The van der Waals surface area contributed by atoms with Crippen molar-refractivity contribution in [2.24, 2.45) is 0 Å². The smallest absolute Gasteiger partial charge is 0.194 e. The summed E-state index contributed by atoms with van der Waals surface area (Å²) in [5.41, 5.74) is -4.70. The van der Waals surface area contributed by atoms with Gasteiger partial charge in [-0.15, -0.1) is 0 Å². The van der Waals surface area contributed by atoms with Crippen molar-refractivity contribution in [3.05, 3.63) is 77.9 Å². The van der Waals surface area contributed by atoms with Gasteiger partial charge in [0.05, 0.1) is 0 Å². The molecule has 0 N–H and O–H groups in total. The molecule has 0 fully saturated rings. The van der Waals surface area contributed by atoms with Gasteiger partial charge >= 0.3 is 23.7 Å². The Morgan fingerprint density at radius 3 is 1.36 bits per heavy atom. The molecule has 0 radical (unpaired) electrons. The predicted molar refractivity (Wildman–Crippen MR) is 89.6 cm³/mol. The molecule has 148 valence electrons. The van der Waals surface area contributed by atoms with Crippen LogP contribution in [0.3, 0.4) is 0 Å². The van der Waals surface area contributed by atoms with Crippen LogP contribution < -0.4 is 0 Å². The van der Waals surface area contributed by atoms with Gasteiger partial charge in [-0.1, -0.05) is 67.3 Å². The molecule has 0 bridgehead atoms. The summed E-state index contributed by atoms with van der Waals surface area (Å²) in [5, 5.41) is 0. The number of hydrogen-bond acceptors (Lipinski definition) is 0. The zero-order valence-electron chi connectivity index (χ0n) is 14.0. The van der Waals surface area contributed by atoms with Crippen LogP contribution in [-0.2, 0) is 0 Å². The molecule has 8 heteroatoms. The van der Waals surface area contributed by atoms with Crippen LogP contribution in [0.25, 0.3) is 17.2 Å². The molecule has 0 spiro atoms. The highest BCUT2D eigenvalue weighted by Crippen LogP contribution is 2.65. The van der Waals surface area contributed by atoms with Crippen molar-refractivity contribution in [2.75, 3.05) is 0 Å². The van der Waals surface area contributed by atoms with E-state index in [0.717, 1.165) is 36.4 Å². The number of hydrogen-bond donors (Lipinski definition) is 0. The number of rotatable bonds is 3. The Morgan fingerprint density at radius 1 is 0.571 bits per heavy atom. The third-order valence-corrected chi connectivity index (χ3v) is 4.56. The van der Waals surface area contributed by atoms with Crippen LogP contribution in [0.5, 0.6) is 0 Å². The lowest BCUT2D eigenvalue weighted by molar-refractivity contribution is -0.344. The Hall–Kier alpha value is -2.64. The van der Waals surface area contributed by atoms with Gasteiger partial charge in [0.25, 0.3) is 0 Å². The summed E-state index contributed by atoms with van der Waals surface area (Å²) in [4.78, 5) is 0. The maximum Gasteiger partial charge on any atom is 0.382 e. The second kappa shape index (κ2) is 6.18. The van der Waals surface area contributed by atoms with Crippen LogP contribution in [0, 0.1) is 0 Å². The first-order valence-electron chi connectivity index (χ1n) is 7.94. The highest BCUT2D eigenvalue weighted by atomic mass is 19.4. The van der Waals surface area contributed by atoms with E-state index in [1.807, 2.05) is 0 Å². The van der Waals surface area contributed by atoms with E-state index in [2.05, 4.69) is 6.58 Å². The molecule has 0 heterocycles. The van der Waals surface area contributed by atoms with Gasteiger partial charge in [0.1, 0.15) is 0 Å². The topological polar surface area (TPSA) is 0 Å². The zero-order valence-corrected chi connectivity index (χ0v) is 14.0. The van der Waals surface area contributed by atoms with Crippen molar-refractivity contribution in [2.45, 2.75) is 23.7 Å². The van der Waals surface area contributed by atoms with Crippen LogP contribution in [0.2, 0.25) is 0 Å². The van der Waals surface area contributed by atoms with Crippen LogP contribution >= 0.6 is 0 Å². The fourth-order valence-electron chi connectivity index (χ4n) is 3.06. The lowest BCUT2D eigenvalue weighted by Crippen LogP contribution is -2.66. The molecular weight excluding hydrogens is 392 g/mol. The molecule has 0 saturated carbocycles. The Balaban J connectivity index is 2.47. The third kappa shape index (κ3) is 2.50. The van der Waals surface area contributed by atoms with Crippen LogP contribution in [-0.4, -0.2) is 23.7 Å². The Morgan fingerprint density at radius 2 is 0.964 bits per heavy atom. The zero-order chi connectivity index (χ0) is 21.0. The van der Waals surface area contributed by atoms with E-state index in [0.29, 0.717) is 5.56 Å². The average Bonchev–Trinajstić information content (AvgIpc) is 2.65. The summed E-state index contributed by atoms with van der Waals surface area (Å²) in [6, 6.07) is 9.55. The molecule has 28 heavy (non-hydrogen) atoms. The SMILES string of the molecule is C=Cc1ccc(C2=C(c3ccccc3)C(F)(F)C(F)(F)C(F)(F)C2(F)F)cc1. The summed E-state index contributed by atoms with van der Waals surface area (Å²) in [7, 11) is 0. The van der Waals surface area contributed by atoms with E-state index < -0.39 is 46.0 Å². The van der Waals surface area contributed by atoms with Crippen LogP contribution in [0.4, 0.5) is 35.1 Å². The van der Waals surface area contributed by atoms with Gasteiger partial charge in [-0.25, -0.2) is 0 Å². The molecule has 0 atom stereocenters. The summed E-state index contributed by atoms with van der Waals surface area (Å²) in [5.74, 6) is -23.7. The van der Waals surface area contributed by atoms with Gasteiger partial charge < -0.3 is 0 Å². The van der Waals surface area contributed by atoms with Crippen LogP contribution in [0.15, 0.2) is 61.2 Å². The first kappa shape index (κ1) is 20.1. The lowest BCUT2D eigenvalue weighted by atomic mass is 9.75. The molecule has 2 aromatic rings. The van der Waals surface area contributed by atoms with E-state index in [1.165, 1.54) is 24.3 Å². The minimum Gasteiger partial charge on any atom is -0.194 e. The first-order valence-corrected chi connectivity index (χ1v) is 7.94. The number of benzene rings is 2. The quantitative estimate of drug-likeness (QED) is 0.494. The first-order chi connectivity index (χ1) is 12.9. The predicted octanol–water partition coefficient (Wildman–Crippen LogP) is 6.80. The lowest BCUT2D eigenvalue weighted by Gasteiger charge is -2.44. The summed E-state index contributed by atoms with van der Waals surface area (Å²) in [6.07, 6.45) is 1.31. The molecule has 0 aromatic heterocycles. The van der Waals surface area contributed by atoms with E-state index in [4.69, 9.17) is 0 Å². The Bertz CT molecular complexity index is 924. The van der Waals surface area contributed by atoms with Crippen molar-refractivity contribution in [3.8, 4) is 0 Å². The fourth-order valence-corrected chi connectivity index (χ4v) is 3.06. The average molecular weight is 404 g/mol. The molecular formula is C20H12F8. The van der Waals surface area contributed by atoms with Gasteiger partial charge in [-0.2, -0.15) is 35.1 Å². The van der Waals surface area contributed by atoms with Gasteiger partial charge in [-0.05, 0) is 16.7 Å². The van der Waals surface area contributed by atoms with Crippen molar-refractivity contribution in [1.29, 1.82) is 0 Å². The van der Waals surface area contributed by atoms with Gasteiger partial charge in [-0.3, -0.25) is 0 Å². The summed E-state index contributed by atoms with van der Waals surface area (Å²) >= 11 is 0. The van der Waals surface area contributed by atoms with E-state index in [-0.39, 0.29) is 0 Å². The second-order valence-electron chi connectivity index (χ2n) is 6.24. The molecule has 0 nitrogen and oxygen atoms in total. The fraction of sp³-hybridized carbons (Fsp3) is 0.200. The molecule has 0 amide bonds. The van der Waals surface area contributed by atoms with E-state index in [9.17, 15) is 35.1 Å². The van der Waals surface area contributed by atoms with Crippen LogP contribution in [0.1, 0.15) is 16.7 Å². The second-order valence-corrected chi connectivity index (χ2v) is 6.24. The molecule has 1 aliphatic rings. The maximum absolute atomic E-state index is 14.6. The van der Waals surface area contributed by atoms with Crippen molar-refractivity contribution >= 4 is 17.2 Å². The Labute approximate surface area is 154 Å². The summed E-state index contributed by atoms with van der Waals surface area (Å²) in [6.45, 7) is 3.43. The van der Waals surface area contributed by atoms with Gasteiger partial charge in [0, 0.05) is 11.1 Å². The minimum absolute atomic E-state index is 0.397. The molecule has 1 aliphatic carbocycles. The minimum atomic E-state index is -6.31. The van der Waals surface area contributed by atoms with Gasteiger partial charge in [0.15, 0.2) is 0 Å². The largest absolute Gasteiger partial charge is 0.382 e. The third-order valence-electron chi connectivity index (χ3n) is 4.56. The molecule has 3 rings (SSSR count). The number of allylic oxidation sites excluding steroid dienone is 2. The molecule has 0 aliphatic heterocycles. The number of alkyl halides is 8. The van der Waals surface area contributed by atoms with E-state index >= 15 is 0 Å². The normalized spacial score (nSPS) is 22.0. The summed E-state index contributed by atoms with van der Waals surface area (Å²) < 4.78 is 114. The van der Waals surface area contributed by atoms with Gasteiger partial charge in [0.2, 0.25) is 0 Å².